The van der Waals surface area contributed by atoms with Crippen molar-refractivity contribution in [2.24, 2.45) is 23.7 Å². The third-order valence-electron chi connectivity index (χ3n) is 4.00. The molecule has 0 spiro atoms. The van der Waals surface area contributed by atoms with Crippen LogP contribution >= 0.6 is 24.0 Å². The van der Waals surface area contributed by atoms with Crippen molar-refractivity contribution in [2.45, 2.75) is 19.3 Å². The Bertz CT molecular complexity index is 664. The summed E-state index contributed by atoms with van der Waals surface area (Å²) in [5.74, 6) is 2.03. The van der Waals surface area contributed by atoms with Gasteiger partial charge in [-0.15, -0.1) is 24.0 Å². The SMILES string of the molecule is Cn1ncc2c(NCCNC(N)=NCC3CCC3)ncnc21.I. The number of nitrogens with zero attached hydrogens (tertiary/aromatic N) is 5. The zero-order chi connectivity index (χ0) is 15.4. The minimum atomic E-state index is 0. The van der Waals surface area contributed by atoms with E-state index in [9.17, 15) is 0 Å². The molecule has 0 amide bonds. The molecule has 1 aliphatic rings. The number of hydrogen-bond donors (Lipinski definition) is 3. The second-order valence-electron chi connectivity index (χ2n) is 5.60. The van der Waals surface area contributed by atoms with Crippen LogP contribution in [0.25, 0.3) is 11.0 Å². The Morgan fingerprint density at radius 1 is 1.39 bits per heavy atom. The number of nitrogens with two attached hydrogens (primary N) is 1. The molecule has 0 saturated heterocycles. The predicted molar refractivity (Wildman–Crippen MR) is 102 cm³/mol. The number of rotatable bonds is 6. The zero-order valence-corrected chi connectivity index (χ0v) is 15.5. The lowest BCUT2D eigenvalue weighted by molar-refractivity contribution is 0.326. The molecule has 4 N–H and O–H groups in total. The smallest absolute Gasteiger partial charge is 0.188 e. The summed E-state index contributed by atoms with van der Waals surface area (Å²) in [5, 5.41) is 11.5. The van der Waals surface area contributed by atoms with Crippen LogP contribution in [-0.4, -0.2) is 45.3 Å². The van der Waals surface area contributed by atoms with E-state index in [2.05, 4.69) is 30.7 Å². The molecule has 0 aliphatic heterocycles. The normalized spacial score (nSPS) is 15.1. The van der Waals surface area contributed by atoms with Gasteiger partial charge >= 0.3 is 0 Å². The monoisotopic (exact) mass is 430 g/mol. The summed E-state index contributed by atoms with van der Waals surface area (Å²) in [6, 6.07) is 0. The van der Waals surface area contributed by atoms with Gasteiger partial charge in [0, 0.05) is 26.7 Å². The molecule has 3 rings (SSSR count). The maximum Gasteiger partial charge on any atom is 0.188 e. The van der Waals surface area contributed by atoms with E-state index < -0.39 is 0 Å². The van der Waals surface area contributed by atoms with Crippen LogP contribution in [0.4, 0.5) is 5.82 Å². The highest BCUT2D eigenvalue weighted by Crippen LogP contribution is 2.26. The molecule has 23 heavy (non-hydrogen) atoms. The summed E-state index contributed by atoms with van der Waals surface area (Å²) in [4.78, 5) is 12.8. The molecule has 2 aromatic rings. The zero-order valence-electron chi connectivity index (χ0n) is 13.2. The van der Waals surface area contributed by atoms with Crippen LogP contribution in [0, 0.1) is 5.92 Å². The summed E-state index contributed by atoms with van der Waals surface area (Å²) in [5.41, 5.74) is 6.66. The van der Waals surface area contributed by atoms with Gasteiger partial charge in [0.25, 0.3) is 0 Å². The van der Waals surface area contributed by atoms with Gasteiger partial charge in [-0.1, -0.05) is 6.42 Å². The number of halogens is 1. The highest BCUT2D eigenvalue weighted by atomic mass is 127. The van der Waals surface area contributed by atoms with E-state index >= 15 is 0 Å². The second kappa shape index (κ2) is 8.27. The first kappa shape index (κ1) is 17.7. The van der Waals surface area contributed by atoms with Gasteiger partial charge in [0.05, 0.1) is 11.6 Å². The van der Waals surface area contributed by atoms with E-state index in [1.807, 2.05) is 7.05 Å². The van der Waals surface area contributed by atoms with Crippen LogP contribution in [0.5, 0.6) is 0 Å². The molecule has 2 heterocycles. The van der Waals surface area contributed by atoms with Gasteiger partial charge in [0.2, 0.25) is 0 Å². The number of nitrogens with one attached hydrogen (secondary N) is 2. The maximum absolute atomic E-state index is 5.85. The molecule has 1 fully saturated rings. The van der Waals surface area contributed by atoms with E-state index in [4.69, 9.17) is 5.73 Å². The number of hydrogen-bond acceptors (Lipinski definition) is 5. The average Bonchev–Trinajstić information content (AvgIpc) is 2.84. The Hall–Kier alpha value is -1.65. The standard InChI is InChI=1S/C14H22N8.HI/c1-22-13-11(8-21-22)12(19-9-20-13)16-5-6-17-14(15)18-7-10-3-2-4-10;/h8-10H,2-7H2,1H3,(H3,15,17,18)(H,16,19,20);1H. The minimum Gasteiger partial charge on any atom is -0.370 e. The number of fused-ring (bicyclic) bond motifs is 1. The molecule has 0 atom stereocenters. The van der Waals surface area contributed by atoms with Gasteiger partial charge in [0.15, 0.2) is 11.6 Å². The summed E-state index contributed by atoms with van der Waals surface area (Å²) < 4.78 is 1.73. The van der Waals surface area contributed by atoms with Crippen molar-refractivity contribution in [2.75, 3.05) is 25.0 Å². The average molecular weight is 430 g/mol. The summed E-state index contributed by atoms with van der Waals surface area (Å²) in [6.45, 7) is 2.22. The molecule has 2 aromatic heterocycles. The number of guanidine groups is 1. The molecule has 0 radical (unpaired) electrons. The topological polar surface area (TPSA) is 106 Å². The van der Waals surface area contributed by atoms with Crippen LogP contribution in [-0.2, 0) is 7.05 Å². The van der Waals surface area contributed by atoms with Gasteiger partial charge in [-0.2, -0.15) is 5.10 Å². The first-order valence-electron chi connectivity index (χ1n) is 7.64. The third-order valence-corrected chi connectivity index (χ3v) is 4.00. The molecule has 0 aromatic carbocycles. The quantitative estimate of drug-likeness (QED) is 0.274. The molecular formula is C14H23IN8. The second-order valence-corrected chi connectivity index (χ2v) is 5.60. The number of anilines is 1. The van der Waals surface area contributed by atoms with Crippen molar-refractivity contribution < 1.29 is 0 Å². The maximum atomic E-state index is 5.85. The Balaban J connectivity index is 0.00000192. The van der Waals surface area contributed by atoms with Crippen molar-refractivity contribution >= 4 is 46.8 Å². The van der Waals surface area contributed by atoms with Gasteiger partial charge in [0.1, 0.15) is 12.1 Å². The highest BCUT2D eigenvalue weighted by Gasteiger charge is 2.16. The van der Waals surface area contributed by atoms with E-state index in [1.165, 1.54) is 25.6 Å². The van der Waals surface area contributed by atoms with E-state index in [-0.39, 0.29) is 24.0 Å². The number of aryl methyl sites for hydroxylation is 1. The van der Waals surface area contributed by atoms with E-state index in [0.717, 1.165) is 29.3 Å². The van der Waals surface area contributed by atoms with Gasteiger partial charge in [-0.3, -0.25) is 9.67 Å². The van der Waals surface area contributed by atoms with Crippen LogP contribution < -0.4 is 16.4 Å². The van der Waals surface area contributed by atoms with Crippen molar-refractivity contribution in [3.05, 3.63) is 12.5 Å². The Kier molecular flexibility index (Phi) is 6.37. The Labute approximate surface area is 152 Å². The fourth-order valence-corrected chi connectivity index (χ4v) is 2.43. The summed E-state index contributed by atoms with van der Waals surface area (Å²) >= 11 is 0. The fraction of sp³-hybridized carbons (Fsp3) is 0.571. The van der Waals surface area contributed by atoms with Crippen LogP contribution in [0.1, 0.15) is 19.3 Å². The van der Waals surface area contributed by atoms with E-state index in [0.29, 0.717) is 19.0 Å². The first-order valence-corrected chi connectivity index (χ1v) is 7.64. The molecule has 1 aliphatic carbocycles. The lowest BCUT2D eigenvalue weighted by Gasteiger charge is -2.23. The minimum absolute atomic E-state index is 0. The van der Waals surface area contributed by atoms with Crippen molar-refractivity contribution in [3.63, 3.8) is 0 Å². The Morgan fingerprint density at radius 3 is 2.96 bits per heavy atom. The van der Waals surface area contributed by atoms with Crippen molar-refractivity contribution in [3.8, 4) is 0 Å². The van der Waals surface area contributed by atoms with E-state index in [1.54, 1.807) is 10.9 Å². The number of aromatic nitrogens is 4. The summed E-state index contributed by atoms with van der Waals surface area (Å²) in [6.07, 6.45) is 7.20. The highest BCUT2D eigenvalue weighted by molar-refractivity contribution is 14.0. The van der Waals surface area contributed by atoms with Gasteiger partial charge < -0.3 is 16.4 Å². The van der Waals surface area contributed by atoms with Gasteiger partial charge in [-0.25, -0.2) is 9.97 Å². The molecule has 8 nitrogen and oxygen atoms in total. The molecule has 0 bridgehead atoms. The summed E-state index contributed by atoms with van der Waals surface area (Å²) in [7, 11) is 1.86. The number of aliphatic imine (C=N–C) groups is 1. The van der Waals surface area contributed by atoms with Crippen LogP contribution in [0.2, 0.25) is 0 Å². The predicted octanol–water partition coefficient (Wildman–Crippen LogP) is 1.10. The molecule has 0 unspecified atom stereocenters. The molecular weight excluding hydrogens is 407 g/mol. The molecule has 9 heteroatoms. The fourth-order valence-electron chi connectivity index (χ4n) is 2.43. The van der Waals surface area contributed by atoms with Crippen molar-refractivity contribution in [1.29, 1.82) is 0 Å². The molecule has 126 valence electrons. The van der Waals surface area contributed by atoms with Crippen LogP contribution in [0.15, 0.2) is 17.5 Å². The first-order chi connectivity index (χ1) is 10.7. The Morgan fingerprint density at radius 2 is 2.22 bits per heavy atom. The lowest BCUT2D eigenvalue weighted by atomic mass is 9.86. The largest absolute Gasteiger partial charge is 0.370 e. The third kappa shape index (κ3) is 4.43. The van der Waals surface area contributed by atoms with Crippen LogP contribution in [0.3, 0.4) is 0 Å². The molecule has 1 saturated carbocycles. The van der Waals surface area contributed by atoms with Crippen molar-refractivity contribution in [1.82, 2.24) is 25.1 Å². The lowest BCUT2D eigenvalue weighted by Crippen LogP contribution is -2.35. The van der Waals surface area contributed by atoms with Gasteiger partial charge in [-0.05, 0) is 18.8 Å².